The Balaban J connectivity index is 1.20. The summed E-state index contributed by atoms with van der Waals surface area (Å²) in [5.41, 5.74) is 7.24. The Morgan fingerprint density at radius 1 is 0.804 bits per heavy atom. The standard InChI is InChI=1S/C42H52N2O2/c1-41(2)33-21-9-11-23-35(33)43(25-13-19-29-15-5-6-16-29)37(41)27-31-39(45)32(40(31)46)28-38-42(3,4)34-22-10-12-24-36(34)44(38)26-14-20-30-17-7-8-18-30/h9-12,21-24,27-30H,5-8,13-20,25-26H2,1-4H3. The summed E-state index contributed by atoms with van der Waals surface area (Å²) < 4.78 is 2.40. The number of anilines is 1. The van der Waals surface area contributed by atoms with Crippen LogP contribution in [0.25, 0.3) is 0 Å². The van der Waals surface area contributed by atoms with E-state index in [4.69, 9.17) is 0 Å². The third-order valence-electron chi connectivity index (χ3n) is 12.1. The Morgan fingerprint density at radius 3 is 2.09 bits per heavy atom. The van der Waals surface area contributed by atoms with Crippen molar-refractivity contribution in [2.75, 3.05) is 18.0 Å². The van der Waals surface area contributed by atoms with E-state index in [1.54, 1.807) is 0 Å². The van der Waals surface area contributed by atoms with Gasteiger partial charge in [0.15, 0.2) is 11.5 Å². The van der Waals surface area contributed by atoms with Gasteiger partial charge in [-0.15, -0.1) is 0 Å². The third-order valence-corrected chi connectivity index (χ3v) is 12.1. The molecule has 5 aliphatic rings. The molecule has 242 valence electrons. The maximum atomic E-state index is 13.9. The molecule has 2 aliphatic heterocycles. The number of hydrogen-bond acceptors (Lipinski definition) is 3. The van der Waals surface area contributed by atoms with Crippen LogP contribution in [0.15, 0.2) is 83.3 Å². The quantitative estimate of drug-likeness (QED) is 0.198. The van der Waals surface area contributed by atoms with Crippen LogP contribution in [0.4, 0.5) is 11.4 Å². The highest BCUT2D eigenvalue weighted by molar-refractivity contribution is 6.24. The third kappa shape index (κ3) is 5.40. The number of Topliss-reactive ketones (excluding diaryl/α,β-unsaturated/α-hetero) is 1. The average Bonchev–Trinajstić information content (AvgIpc) is 3.84. The molecule has 0 amide bonds. The molecule has 2 fully saturated rings. The zero-order valence-electron chi connectivity index (χ0n) is 28.5. The van der Waals surface area contributed by atoms with Gasteiger partial charge in [-0.05, 0) is 62.7 Å². The molecule has 3 aliphatic carbocycles. The fourth-order valence-electron chi connectivity index (χ4n) is 9.33. The lowest BCUT2D eigenvalue weighted by Crippen LogP contribution is -2.35. The molecule has 2 aromatic carbocycles. The van der Waals surface area contributed by atoms with Gasteiger partial charge in [-0.25, -0.2) is 0 Å². The molecule has 0 saturated heterocycles. The highest BCUT2D eigenvalue weighted by Gasteiger charge is 2.46. The number of carbonyl (C=O) groups is 1. The van der Waals surface area contributed by atoms with Crippen molar-refractivity contribution in [3.05, 3.63) is 94.4 Å². The Labute approximate surface area is 276 Å². The normalized spacial score (nSPS) is 24.1. The molecular weight excluding hydrogens is 564 g/mol. The molecular formula is C42H52N2O2. The van der Waals surface area contributed by atoms with Gasteiger partial charge in [0.05, 0.1) is 5.41 Å². The Morgan fingerprint density at radius 2 is 1.41 bits per heavy atom. The SMILES string of the molecule is CC1(C)C(/C=C2/C(=O)C(/C=C3\N(CCCC4CCCC4)c4ccccc4C3(C)C)=C2[O-])=[N+](CCCC2CCCC2)c2ccccc21. The van der Waals surface area contributed by atoms with Crippen LogP contribution in [-0.4, -0.2) is 29.2 Å². The van der Waals surface area contributed by atoms with Crippen molar-refractivity contribution < 1.29 is 14.5 Å². The molecule has 0 unspecified atom stereocenters. The van der Waals surface area contributed by atoms with Gasteiger partial charge in [-0.3, -0.25) is 4.79 Å². The second-order valence-electron chi connectivity index (χ2n) is 15.7. The van der Waals surface area contributed by atoms with Gasteiger partial charge < -0.3 is 10.0 Å². The highest BCUT2D eigenvalue weighted by atomic mass is 16.3. The first-order valence-electron chi connectivity index (χ1n) is 18.2. The van der Waals surface area contributed by atoms with E-state index in [0.717, 1.165) is 49.2 Å². The van der Waals surface area contributed by atoms with Gasteiger partial charge in [0.2, 0.25) is 5.69 Å². The minimum Gasteiger partial charge on any atom is -0.871 e. The van der Waals surface area contributed by atoms with Crippen LogP contribution in [0.5, 0.6) is 0 Å². The average molecular weight is 617 g/mol. The van der Waals surface area contributed by atoms with Crippen molar-refractivity contribution in [2.45, 2.75) is 116 Å². The minimum absolute atomic E-state index is 0.111. The first kappa shape index (κ1) is 31.2. The predicted molar refractivity (Wildman–Crippen MR) is 187 cm³/mol. The minimum atomic E-state index is -0.281. The van der Waals surface area contributed by atoms with Crippen LogP contribution >= 0.6 is 0 Å². The van der Waals surface area contributed by atoms with Crippen LogP contribution in [0, 0.1) is 11.8 Å². The lowest BCUT2D eigenvalue weighted by molar-refractivity contribution is -0.438. The van der Waals surface area contributed by atoms with Crippen molar-refractivity contribution in [3.8, 4) is 0 Å². The number of hydrogen-bond donors (Lipinski definition) is 0. The highest BCUT2D eigenvalue weighted by Crippen LogP contribution is 2.49. The topological polar surface area (TPSA) is 46.4 Å². The summed E-state index contributed by atoms with van der Waals surface area (Å²) in [7, 11) is 0. The van der Waals surface area contributed by atoms with Crippen molar-refractivity contribution in [3.63, 3.8) is 0 Å². The lowest BCUT2D eigenvalue weighted by atomic mass is 9.77. The second kappa shape index (κ2) is 12.3. The van der Waals surface area contributed by atoms with Crippen molar-refractivity contribution in [2.24, 2.45) is 11.8 Å². The van der Waals surface area contributed by atoms with Gasteiger partial charge >= 0.3 is 0 Å². The van der Waals surface area contributed by atoms with E-state index >= 15 is 0 Å². The summed E-state index contributed by atoms with van der Waals surface area (Å²) in [6.45, 7) is 10.8. The van der Waals surface area contributed by atoms with Gasteiger partial charge in [0.25, 0.3) is 0 Å². The van der Waals surface area contributed by atoms with E-state index in [0.29, 0.717) is 11.1 Å². The fourth-order valence-corrected chi connectivity index (χ4v) is 9.33. The molecule has 4 nitrogen and oxygen atoms in total. The number of benzene rings is 2. The molecule has 2 saturated carbocycles. The van der Waals surface area contributed by atoms with Crippen molar-refractivity contribution in [1.82, 2.24) is 0 Å². The number of nitrogens with zero attached hydrogens (tertiary/aromatic N) is 2. The maximum Gasteiger partial charge on any atom is 0.209 e. The van der Waals surface area contributed by atoms with E-state index in [2.05, 4.69) is 85.7 Å². The number of carbonyl (C=O) groups excluding carboxylic acids is 1. The van der Waals surface area contributed by atoms with Gasteiger partial charge in [-0.1, -0.05) is 107 Å². The molecule has 0 aromatic heterocycles. The van der Waals surface area contributed by atoms with Gasteiger partial charge in [0, 0.05) is 58.6 Å². The monoisotopic (exact) mass is 616 g/mol. The van der Waals surface area contributed by atoms with E-state index in [1.807, 2.05) is 12.2 Å². The molecule has 0 radical (unpaired) electrons. The summed E-state index contributed by atoms with van der Waals surface area (Å²) in [6.07, 6.45) is 19.6. The Kier molecular flexibility index (Phi) is 8.36. The molecule has 46 heavy (non-hydrogen) atoms. The Bertz CT molecular complexity index is 1640. The summed E-state index contributed by atoms with van der Waals surface area (Å²) in [5.74, 6) is 1.47. The zero-order chi connectivity index (χ0) is 32.1. The van der Waals surface area contributed by atoms with Gasteiger partial charge in [0.1, 0.15) is 6.54 Å². The Hall–Kier alpha value is -3.40. The number of rotatable bonds is 10. The van der Waals surface area contributed by atoms with Crippen LogP contribution < -0.4 is 10.0 Å². The molecule has 0 bridgehead atoms. The zero-order valence-corrected chi connectivity index (χ0v) is 28.5. The largest absolute Gasteiger partial charge is 0.871 e. The van der Waals surface area contributed by atoms with Crippen LogP contribution in [0.3, 0.4) is 0 Å². The molecule has 4 heteroatoms. The van der Waals surface area contributed by atoms with E-state index < -0.39 is 0 Å². The van der Waals surface area contributed by atoms with E-state index in [1.165, 1.54) is 86.7 Å². The fraction of sp³-hybridized carbons (Fsp3) is 0.524. The van der Waals surface area contributed by atoms with E-state index in [9.17, 15) is 9.90 Å². The second-order valence-corrected chi connectivity index (χ2v) is 15.7. The molecule has 0 atom stereocenters. The van der Waals surface area contributed by atoms with Crippen molar-refractivity contribution >= 4 is 22.9 Å². The summed E-state index contributed by atoms with van der Waals surface area (Å²) in [5, 5.41) is 13.9. The number of para-hydroxylation sites is 2. The number of ketones is 1. The summed E-state index contributed by atoms with van der Waals surface area (Å²) in [4.78, 5) is 16.3. The van der Waals surface area contributed by atoms with Crippen molar-refractivity contribution in [1.29, 1.82) is 0 Å². The molecule has 7 rings (SSSR count). The molecule has 0 spiro atoms. The van der Waals surface area contributed by atoms with Crippen LogP contribution in [-0.2, 0) is 15.6 Å². The summed E-state index contributed by atoms with van der Waals surface area (Å²) in [6, 6.07) is 17.2. The first-order valence-corrected chi connectivity index (χ1v) is 18.2. The van der Waals surface area contributed by atoms with Crippen LogP contribution in [0.1, 0.15) is 116 Å². The van der Waals surface area contributed by atoms with E-state index in [-0.39, 0.29) is 22.4 Å². The first-order chi connectivity index (χ1) is 22.2. The summed E-state index contributed by atoms with van der Waals surface area (Å²) >= 11 is 0. The molecule has 2 aromatic rings. The smallest absolute Gasteiger partial charge is 0.209 e. The van der Waals surface area contributed by atoms with Crippen LogP contribution in [0.2, 0.25) is 0 Å². The number of allylic oxidation sites excluding steroid dienone is 5. The molecule has 2 heterocycles. The lowest BCUT2D eigenvalue weighted by Gasteiger charge is -2.33. The molecule has 0 N–H and O–H groups in total. The maximum absolute atomic E-state index is 13.9. The number of fused-ring (bicyclic) bond motifs is 2. The predicted octanol–water partition coefficient (Wildman–Crippen LogP) is 8.81. The van der Waals surface area contributed by atoms with Gasteiger partial charge in [-0.2, -0.15) is 4.58 Å².